The Morgan fingerprint density at radius 2 is 1.35 bits per heavy atom. The van der Waals surface area contributed by atoms with Crippen molar-refractivity contribution in [2.24, 2.45) is 0 Å². The second-order valence-electron chi connectivity index (χ2n) is 6.16. The van der Waals surface area contributed by atoms with Gasteiger partial charge in [-0.25, -0.2) is 0 Å². The SMILES string of the molecule is CC(C)(C)OCc1ccccc1CCc1ccccc1. The molecular formula is C19H24O. The Morgan fingerprint density at radius 3 is 2.00 bits per heavy atom. The van der Waals surface area contributed by atoms with E-state index in [1.807, 2.05) is 0 Å². The van der Waals surface area contributed by atoms with Gasteiger partial charge in [0.05, 0.1) is 12.2 Å². The minimum atomic E-state index is -0.0907. The molecule has 0 saturated heterocycles. The minimum Gasteiger partial charge on any atom is -0.371 e. The van der Waals surface area contributed by atoms with Crippen LogP contribution >= 0.6 is 0 Å². The van der Waals surface area contributed by atoms with E-state index in [2.05, 4.69) is 75.4 Å². The van der Waals surface area contributed by atoms with Crippen molar-refractivity contribution in [3.05, 3.63) is 71.3 Å². The second kappa shape index (κ2) is 6.71. The van der Waals surface area contributed by atoms with E-state index in [9.17, 15) is 0 Å². The summed E-state index contributed by atoms with van der Waals surface area (Å²) in [7, 11) is 0. The number of aryl methyl sites for hydroxylation is 2. The van der Waals surface area contributed by atoms with Crippen molar-refractivity contribution < 1.29 is 4.74 Å². The Morgan fingerprint density at radius 1 is 0.750 bits per heavy atom. The van der Waals surface area contributed by atoms with Crippen molar-refractivity contribution >= 4 is 0 Å². The number of benzene rings is 2. The summed E-state index contributed by atoms with van der Waals surface area (Å²) < 4.78 is 5.91. The van der Waals surface area contributed by atoms with E-state index in [0.29, 0.717) is 6.61 Å². The molecular weight excluding hydrogens is 244 g/mol. The summed E-state index contributed by atoms with van der Waals surface area (Å²) in [6.07, 6.45) is 2.14. The maximum absolute atomic E-state index is 5.91. The summed E-state index contributed by atoms with van der Waals surface area (Å²) in [4.78, 5) is 0. The largest absolute Gasteiger partial charge is 0.371 e. The lowest BCUT2D eigenvalue weighted by Crippen LogP contribution is -2.19. The summed E-state index contributed by atoms with van der Waals surface area (Å²) in [5, 5.41) is 0. The van der Waals surface area contributed by atoms with E-state index in [4.69, 9.17) is 4.74 Å². The molecule has 0 aliphatic carbocycles. The first kappa shape index (κ1) is 14.8. The predicted molar refractivity (Wildman–Crippen MR) is 84.8 cm³/mol. The first-order valence-electron chi connectivity index (χ1n) is 7.29. The van der Waals surface area contributed by atoms with E-state index in [-0.39, 0.29) is 5.60 Å². The van der Waals surface area contributed by atoms with Gasteiger partial charge in [-0.2, -0.15) is 0 Å². The van der Waals surface area contributed by atoms with Crippen LogP contribution in [0.3, 0.4) is 0 Å². The first-order valence-corrected chi connectivity index (χ1v) is 7.29. The van der Waals surface area contributed by atoms with Gasteiger partial charge in [-0.1, -0.05) is 54.6 Å². The molecule has 0 unspecified atom stereocenters. The molecule has 0 aliphatic heterocycles. The van der Waals surface area contributed by atoms with Crippen LogP contribution in [0.2, 0.25) is 0 Å². The molecule has 0 heterocycles. The third-order valence-electron chi connectivity index (χ3n) is 3.30. The molecule has 0 spiro atoms. The third-order valence-corrected chi connectivity index (χ3v) is 3.30. The fourth-order valence-corrected chi connectivity index (χ4v) is 2.16. The molecule has 2 aromatic rings. The van der Waals surface area contributed by atoms with Crippen LogP contribution in [0.4, 0.5) is 0 Å². The zero-order valence-corrected chi connectivity index (χ0v) is 12.7. The lowest BCUT2D eigenvalue weighted by atomic mass is 10.00. The number of ether oxygens (including phenoxy) is 1. The Kier molecular flexibility index (Phi) is 4.97. The summed E-state index contributed by atoms with van der Waals surface area (Å²) in [5.41, 5.74) is 3.99. The van der Waals surface area contributed by atoms with Gasteiger partial charge in [0.1, 0.15) is 0 Å². The summed E-state index contributed by atoms with van der Waals surface area (Å²) in [6.45, 7) is 6.98. The summed E-state index contributed by atoms with van der Waals surface area (Å²) >= 11 is 0. The fraction of sp³-hybridized carbons (Fsp3) is 0.368. The molecule has 0 aliphatic rings. The first-order chi connectivity index (χ1) is 9.54. The molecule has 0 atom stereocenters. The van der Waals surface area contributed by atoms with Gasteiger partial charge in [0.25, 0.3) is 0 Å². The van der Waals surface area contributed by atoms with Crippen LogP contribution in [0.15, 0.2) is 54.6 Å². The van der Waals surface area contributed by atoms with E-state index < -0.39 is 0 Å². The van der Waals surface area contributed by atoms with Crippen LogP contribution in [0.25, 0.3) is 0 Å². The third kappa shape index (κ3) is 4.82. The van der Waals surface area contributed by atoms with Crippen molar-refractivity contribution in [1.82, 2.24) is 0 Å². The Labute approximate surface area is 122 Å². The van der Waals surface area contributed by atoms with Crippen LogP contribution in [0.5, 0.6) is 0 Å². The monoisotopic (exact) mass is 268 g/mol. The second-order valence-corrected chi connectivity index (χ2v) is 6.16. The number of hydrogen-bond acceptors (Lipinski definition) is 1. The molecule has 0 fully saturated rings. The zero-order valence-electron chi connectivity index (χ0n) is 12.7. The fourth-order valence-electron chi connectivity index (χ4n) is 2.16. The highest BCUT2D eigenvalue weighted by atomic mass is 16.5. The van der Waals surface area contributed by atoms with Crippen LogP contribution in [-0.4, -0.2) is 5.60 Å². The van der Waals surface area contributed by atoms with E-state index in [0.717, 1.165) is 12.8 Å². The summed E-state index contributed by atoms with van der Waals surface area (Å²) in [5.74, 6) is 0. The van der Waals surface area contributed by atoms with Crippen LogP contribution in [0.1, 0.15) is 37.5 Å². The molecule has 20 heavy (non-hydrogen) atoms. The van der Waals surface area contributed by atoms with Gasteiger partial charge < -0.3 is 4.74 Å². The Balaban J connectivity index is 2.01. The molecule has 0 radical (unpaired) electrons. The summed E-state index contributed by atoms with van der Waals surface area (Å²) in [6, 6.07) is 19.2. The van der Waals surface area contributed by atoms with Gasteiger partial charge in [0.15, 0.2) is 0 Å². The highest BCUT2D eigenvalue weighted by molar-refractivity contribution is 5.28. The molecule has 0 aromatic heterocycles. The van der Waals surface area contributed by atoms with Gasteiger partial charge in [0.2, 0.25) is 0 Å². The smallest absolute Gasteiger partial charge is 0.0726 e. The molecule has 2 aromatic carbocycles. The predicted octanol–water partition coefficient (Wildman–Crippen LogP) is 4.79. The van der Waals surface area contributed by atoms with E-state index in [1.54, 1.807) is 0 Å². The topological polar surface area (TPSA) is 9.23 Å². The Hall–Kier alpha value is -1.60. The number of rotatable bonds is 5. The molecule has 1 heteroatoms. The maximum Gasteiger partial charge on any atom is 0.0726 e. The van der Waals surface area contributed by atoms with E-state index in [1.165, 1.54) is 16.7 Å². The molecule has 0 saturated carbocycles. The van der Waals surface area contributed by atoms with Crippen LogP contribution in [-0.2, 0) is 24.2 Å². The standard InChI is InChI=1S/C19H24O/c1-19(2,3)20-15-18-12-8-7-11-17(18)14-13-16-9-5-4-6-10-16/h4-12H,13-15H2,1-3H3. The molecule has 0 bridgehead atoms. The lowest BCUT2D eigenvalue weighted by Gasteiger charge is -2.20. The van der Waals surface area contributed by atoms with Crippen molar-refractivity contribution in [3.63, 3.8) is 0 Å². The Bertz CT molecular complexity index is 523. The van der Waals surface area contributed by atoms with Crippen molar-refractivity contribution in [2.45, 2.75) is 45.8 Å². The van der Waals surface area contributed by atoms with Gasteiger partial charge in [0, 0.05) is 0 Å². The van der Waals surface area contributed by atoms with Crippen LogP contribution in [0, 0.1) is 0 Å². The molecule has 2 rings (SSSR count). The van der Waals surface area contributed by atoms with Crippen LogP contribution < -0.4 is 0 Å². The average molecular weight is 268 g/mol. The number of hydrogen-bond donors (Lipinski definition) is 0. The maximum atomic E-state index is 5.91. The zero-order chi connectivity index (χ0) is 14.4. The minimum absolute atomic E-state index is 0.0907. The molecule has 0 amide bonds. The van der Waals surface area contributed by atoms with Gasteiger partial charge >= 0.3 is 0 Å². The van der Waals surface area contributed by atoms with Crippen molar-refractivity contribution in [3.8, 4) is 0 Å². The van der Waals surface area contributed by atoms with Crippen molar-refractivity contribution in [2.75, 3.05) is 0 Å². The lowest BCUT2D eigenvalue weighted by molar-refractivity contribution is -0.0152. The van der Waals surface area contributed by atoms with Gasteiger partial charge in [-0.05, 0) is 50.3 Å². The molecule has 1 nitrogen and oxygen atoms in total. The van der Waals surface area contributed by atoms with Gasteiger partial charge in [-0.3, -0.25) is 0 Å². The normalized spacial score (nSPS) is 11.6. The van der Waals surface area contributed by atoms with E-state index >= 15 is 0 Å². The molecule has 106 valence electrons. The molecule has 0 N–H and O–H groups in total. The average Bonchev–Trinajstić information content (AvgIpc) is 2.44. The van der Waals surface area contributed by atoms with Gasteiger partial charge in [-0.15, -0.1) is 0 Å². The van der Waals surface area contributed by atoms with Crippen molar-refractivity contribution in [1.29, 1.82) is 0 Å². The quantitative estimate of drug-likeness (QED) is 0.757. The highest BCUT2D eigenvalue weighted by Crippen LogP contribution is 2.17. The highest BCUT2D eigenvalue weighted by Gasteiger charge is 2.11.